The van der Waals surface area contributed by atoms with Crippen molar-refractivity contribution in [3.05, 3.63) is 41.0 Å². The summed E-state index contributed by atoms with van der Waals surface area (Å²) in [6.07, 6.45) is 8.71. The predicted octanol–water partition coefficient (Wildman–Crippen LogP) is 3.59. The molecule has 1 aromatic carbocycles. The Balaban J connectivity index is 1.63. The maximum Gasteiger partial charge on any atom is 0.343 e. The Hall–Kier alpha value is -1.85. The van der Waals surface area contributed by atoms with E-state index >= 15 is 0 Å². The third kappa shape index (κ3) is 5.40. The van der Waals surface area contributed by atoms with Crippen LogP contribution in [0.1, 0.15) is 56.6 Å². The zero-order chi connectivity index (χ0) is 20.8. The summed E-state index contributed by atoms with van der Waals surface area (Å²) in [5, 5.41) is 20.9. The Bertz CT molecular complexity index is 726. The quantitative estimate of drug-likeness (QED) is 0.355. The molecule has 0 aliphatic heterocycles. The molecule has 0 heterocycles. The lowest BCUT2D eigenvalue weighted by molar-refractivity contribution is -0.142. The molecule has 0 aromatic heterocycles. The van der Waals surface area contributed by atoms with Gasteiger partial charge in [-0.1, -0.05) is 50.0 Å². The smallest absolute Gasteiger partial charge is 0.343 e. The van der Waals surface area contributed by atoms with Crippen molar-refractivity contribution < 1.29 is 24.5 Å². The summed E-state index contributed by atoms with van der Waals surface area (Å²) >= 11 is 0. The molecule has 5 heteroatoms. The van der Waals surface area contributed by atoms with Crippen LogP contribution >= 0.6 is 0 Å². The molecule has 2 N–H and O–H groups in total. The highest BCUT2D eigenvalue weighted by molar-refractivity contribution is 5.71. The lowest BCUT2D eigenvalue weighted by Gasteiger charge is -2.31. The number of fused-ring (bicyclic) bond motifs is 2. The number of carbonyl (C=O) groups excluding carboxylic acids is 1. The minimum Gasteiger partial charge on any atom is -0.482 e. The van der Waals surface area contributed by atoms with Crippen molar-refractivity contribution in [1.82, 2.24) is 0 Å². The molecular weight excluding hydrogens is 368 g/mol. The average Bonchev–Trinajstić information content (AvgIpc) is 3.02. The second-order valence-electron chi connectivity index (χ2n) is 8.37. The normalized spacial score (nSPS) is 23.7. The molecule has 5 nitrogen and oxygen atoms in total. The Morgan fingerprint density at radius 1 is 1.28 bits per heavy atom. The minimum atomic E-state index is -0.452. The number of aliphatic hydroxyl groups excluding tert-OH is 2. The van der Waals surface area contributed by atoms with Crippen LogP contribution in [-0.2, 0) is 22.4 Å². The fraction of sp³-hybridized carbons (Fsp3) is 0.625. The van der Waals surface area contributed by atoms with Crippen LogP contribution in [0, 0.1) is 11.8 Å². The van der Waals surface area contributed by atoms with Gasteiger partial charge in [-0.2, -0.15) is 0 Å². The Kier molecular flexibility index (Phi) is 7.73. The Labute approximate surface area is 173 Å². The number of rotatable bonds is 10. The van der Waals surface area contributed by atoms with Gasteiger partial charge in [0, 0.05) is 5.56 Å². The van der Waals surface area contributed by atoms with Crippen LogP contribution in [0.2, 0.25) is 0 Å². The van der Waals surface area contributed by atoms with Gasteiger partial charge in [-0.25, -0.2) is 4.79 Å². The first kappa shape index (κ1) is 21.8. The molecule has 2 aliphatic carbocycles. The second-order valence-corrected chi connectivity index (χ2v) is 8.37. The lowest BCUT2D eigenvalue weighted by atomic mass is 9.75. The molecule has 160 valence electrons. The summed E-state index contributed by atoms with van der Waals surface area (Å²) in [7, 11) is 1.35. The van der Waals surface area contributed by atoms with E-state index in [1.165, 1.54) is 18.2 Å². The highest BCUT2D eigenvalue weighted by Gasteiger charge is 2.39. The van der Waals surface area contributed by atoms with Crippen LogP contribution in [0.4, 0.5) is 0 Å². The topological polar surface area (TPSA) is 76.0 Å². The van der Waals surface area contributed by atoms with Crippen LogP contribution in [0.25, 0.3) is 0 Å². The second kappa shape index (κ2) is 10.3. The molecule has 3 rings (SSSR count). The Morgan fingerprint density at radius 2 is 2.10 bits per heavy atom. The summed E-state index contributed by atoms with van der Waals surface area (Å²) in [6, 6.07) is 5.95. The van der Waals surface area contributed by atoms with Gasteiger partial charge in [0.1, 0.15) is 5.75 Å². The fourth-order valence-corrected chi connectivity index (χ4v) is 4.76. The summed E-state index contributed by atoms with van der Waals surface area (Å²) in [5.41, 5.74) is 3.58. The van der Waals surface area contributed by atoms with Crippen LogP contribution in [0.3, 0.4) is 0 Å². The highest BCUT2D eigenvalue weighted by Crippen LogP contribution is 2.45. The van der Waals surface area contributed by atoms with E-state index in [2.05, 4.69) is 17.7 Å². The molecular formula is C24H34O5. The molecule has 29 heavy (non-hydrogen) atoms. The van der Waals surface area contributed by atoms with Gasteiger partial charge in [0.15, 0.2) is 6.61 Å². The van der Waals surface area contributed by atoms with E-state index in [4.69, 9.17) is 4.74 Å². The molecule has 0 fully saturated rings. The third-order valence-corrected chi connectivity index (χ3v) is 6.41. The number of benzene rings is 1. The van der Waals surface area contributed by atoms with E-state index in [0.29, 0.717) is 5.92 Å². The number of allylic oxidation sites excluding steroid dienone is 1. The van der Waals surface area contributed by atoms with E-state index in [1.54, 1.807) is 0 Å². The van der Waals surface area contributed by atoms with Crippen LogP contribution < -0.4 is 4.74 Å². The standard InChI is InChI=1S/C24H34O5/c1-3-4-5-8-18(25)10-11-19-20-12-16-7-6-9-23(29-15-24(27)28-2)21(16)13-17(20)14-22(19)26/h6-7,9,14,18-20,22,25-26H,3-5,8,10-13,15H2,1-2H3/t18-,19+,20-,22+/m0/s1. The third-order valence-electron chi connectivity index (χ3n) is 6.41. The lowest BCUT2D eigenvalue weighted by Crippen LogP contribution is -2.27. The zero-order valence-corrected chi connectivity index (χ0v) is 17.6. The molecule has 0 saturated carbocycles. The molecule has 2 aliphatic rings. The van der Waals surface area contributed by atoms with Crippen molar-refractivity contribution >= 4 is 5.97 Å². The van der Waals surface area contributed by atoms with Gasteiger partial charge < -0.3 is 19.7 Å². The summed E-state index contributed by atoms with van der Waals surface area (Å²) < 4.78 is 10.3. The van der Waals surface area contributed by atoms with Crippen molar-refractivity contribution in [3.8, 4) is 5.75 Å². The molecule has 0 bridgehead atoms. The largest absolute Gasteiger partial charge is 0.482 e. The number of hydrogen-bond donors (Lipinski definition) is 2. The van der Waals surface area contributed by atoms with Crippen LogP contribution in [-0.4, -0.2) is 42.1 Å². The summed E-state index contributed by atoms with van der Waals surface area (Å²) in [6.45, 7) is 2.07. The number of carbonyl (C=O) groups is 1. The number of unbranched alkanes of at least 4 members (excludes halogenated alkanes) is 2. The van der Waals surface area contributed by atoms with Gasteiger partial charge in [-0.05, 0) is 55.6 Å². The van der Waals surface area contributed by atoms with Gasteiger partial charge in [-0.3, -0.25) is 0 Å². The monoisotopic (exact) mass is 402 g/mol. The maximum absolute atomic E-state index is 11.4. The first-order valence-electron chi connectivity index (χ1n) is 10.9. The number of aliphatic hydroxyl groups is 2. The van der Waals surface area contributed by atoms with Gasteiger partial charge in [0.05, 0.1) is 19.3 Å². The predicted molar refractivity (Wildman–Crippen MR) is 112 cm³/mol. The molecule has 0 amide bonds. The van der Waals surface area contributed by atoms with Crippen LogP contribution in [0.15, 0.2) is 29.8 Å². The first-order chi connectivity index (χ1) is 14.0. The molecule has 0 spiro atoms. The van der Waals surface area contributed by atoms with E-state index in [0.717, 1.165) is 62.7 Å². The van der Waals surface area contributed by atoms with E-state index < -0.39 is 12.1 Å². The van der Waals surface area contributed by atoms with Gasteiger partial charge >= 0.3 is 5.97 Å². The van der Waals surface area contributed by atoms with Crippen molar-refractivity contribution in [3.63, 3.8) is 0 Å². The fourth-order valence-electron chi connectivity index (χ4n) is 4.76. The SMILES string of the molecule is CCCCC[C@H](O)CC[C@H]1[C@H](O)C=C2Cc3c(cccc3OCC(=O)OC)C[C@@H]21. The molecule has 0 radical (unpaired) electrons. The average molecular weight is 403 g/mol. The van der Waals surface area contributed by atoms with E-state index in [1.807, 2.05) is 18.2 Å². The molecule has 0 saturated heterocycles. The van der Waals surface area contributed by atoms with Crippen molar-refractivity contribution in [2.75, 3.05) is 13.7 Å². The Morgan fingerprint density at radius 3 is 2.86 bits per heavy atom. The van der Waals surface area contributed by atoms with Crippen molar-refractivity contribution in [2.45, 2.75) is 70.5 Å². The van der Waals surface area contributed by atoms with E-state index in [-0.39, 0.29) is 18.6 Å². The molecule has 1 aromatic rings. The highest BCUT2D eigenvalue weighted by atomic mass is 16.6. The molecule has 4 atom stereocenters. The van der Waals surface area contributed by atoms with Gasteiger partial charge in [-0.15, -0.1) is 0 Å². The summed E-state index contributed by atoms with van der Waals surface area (Å²) in [4.78, 5) is 11.4. The van der Waals surface area contributed by atoms with Gasteiger partial charge in [0.25, 0.3) is 0 Å². The van der Waals surface area contributed by atoms with Crippen LogP contribution in [0.5, 0.6) is 5.75 Å². The maximum atomic E-state index is 11.4. The number of hydrogen-bond acceptors (Lipinski definition) is 5. The minimum absolute atomic E-state index is 0.101. The number of methoxy groups -OCH3 is 1. The number of esters is 1. The van der Waals surface area contributed by atoms with Crippen molar-refractivity contribution in [2.24, 2.45) is 11.8 Å². The molecule has 0 unspecified atom stereocenters. The van der Waals surface area contributed by atoms with E-state index in [9.17, 15) is 15.0 Å². The first-order valence-corrected chi connectivity index (χ1v) is 10.9. The van der Waals surface area contributed by atoms with Crippen molar-refractivity contribution in [1.29, 1.82) is 0 Å². The zero-order valence-electron chi connectivity index (χ0n) is 17.6. The number of ether oxygens (including phenoxy) is 2. The summed E-state index contributed by atoms with van der Waals surface area (Å²) in [5.74, 6) is 0.802. The van der Waals surface area contributed by atoms with Gasteiger partial charge in [0.2, 0.25) is 0 Å².